The summed E-state index contributed by atoms with van der Waals surface area (Å²) in [6.45, 7) is 0.727. The van der Waals surface area contributed by atoms with E-state index in [1.54, 1.807) is 0 Å². The lowest BCUT2D eigenvalue weighted by Gasteiger charge is -2.31. The number of hydrogen-bond acceptors (Lipinski definition) is 2. The van der Waals surface area contributed by atoms with E-state index in [1.807, 2.05) is 30.3 Å². The van der Waals surface area contributed by atoms with Crippen LogP contribution in [-0.4, -0.2) is 29.8 Å². The van der Waals surface area contributed by atoms with Gasteiger partial charge in [-0.2, -0.15) is 0 Å². The van der Waals surface area contributed by atoms with Gasteiger partial charge in [0.05, 0.1) is 5.56 Å². The molecule has 0 saturated carbocycles. The molecular formula is C19H18F2N2O2. The number of nitrogens with one attached hydrogen (secondary N) is 1. The molecule has 1 N–H and O–H groups in total. The van der Waals surface area contributed by atoms with Crippen molar-refractivity contribution in [3.63, 3.8) is 0 Å². The van der Waals surface area contributed by atoms with Gasteiger partial charge in [-0.1, -0.05) is 18.2 Å². The first kappa shape index (κ1) is 17.1. The Hall–Kier alpha value is -2.76. The van der Waals surface area contributed by atoms with Crippen molar-refractivity contribution in [1.29, 1.82) is 0 Å². The lowest BCUT2D eigenvalue weighted by atomic mass is 9.95. The predicted octanol–water partition coefficient (Wildman–Crippen LogP) is 3.46. The second-order valence-corrected chi connectivity index (χ2v) is 6.05. The SMILES string of the molecule is O=C(Nc1ccccc1)C1CCN(C(=O)c2ccc(F)cc2F)CC1. The Morgan fingerprint density at radius 2 is 1.68 bits per heavy atom. The number of para-hydroxylation sites is 1. The van der Waals surface area contributed by atoms with Crippen LogP contribution in [0.1, 0.15) is 23.2 Å². The largest absolute Gasteiger partial charge is 0.339 e. The van der Waals surface area contributed by atoms with Gasteiger partial charge in [-0.15, -0.1) is 0 Å². The molecule has 6 heteroatoms. The molecule has 0 spiro atoms. The Bertz CT molecular complexity index is 772. The molecule has 1 aliphatic rings. The van der Waals surface area contributed by atoms with Gasteiger partial charge in [-0.25, -0.2) is 8.78 Å². The zero-order valence-corrected chi connectivity index (χ0v) is 13.5. The number of anilines is 1. The highest BCUT2D eigenvalue weighted by molar-refractivity contribution is 5.95. The van der Waals surface area contributed by atoms with Gasteiger partial charge in [-0.05, 0) is 37.1 Å². The first-order valence-electron chi connectivity index (χ1n) is 8.15. The van der Waals surface area contributed by atoms with Crippen LogP contribution in [0.5, 0.6) is 0 Å². The minimum Gasteiger partial charge on any atom is -0.339 e. The zero-order chi connectivity index (χ0) is 17.8. The molecule has 0 aliphatic carbocycles. The van der Waals surface area contributed by atoms with Crippen LogP contribution in [0.4, 0.5) is 14.5 Å². The Morgan fingerprint density at radius 1 is 1.00 bits per heavy atom. The van der Waals surface area contributed by atoms with Crippen molar-refractivity contribution in [3.8, 4) is 0 Å². The van der Waals surface area contributed by atoms with Crippen LogP contribution in [0.25, 0.3) is 0 Å². The van der Waals surface area contributed by atoms with Crippen molar-refractivity contribution in [1.82, 2.24) is 4.90 Å². The van der Waals surface area contributed by atoms with Gasteiger partial charge in [0.25, 0.3) is 5.91 Å². The average Bonchev–Trinajstić information content (AvgIpc) is 2.62. The Labute approximate surface area is 144 Å². The van der Waals surface area contributed by atoms with Gasteiger partial charge in [0.2, 0.25) is 5.91 Å². The summed E-state index contributed by atoms with van der Waals surface area (Å²) in [5.74, 6) is -2.33. The molecular weight excluding hydrogens is 326 g/mol. The highest BCUT2D eigenvalue weighted by atomic mass is 19.1. The summed E-state index contributed by atoms with van der Waals surface area (Å²) >= 11 is 0. The third-order valence-corrected chi connectivity index (χ3v) is 4.36. The van der Waals surface area contributed by atoms with Gasteiger partial charge in [-0.3, -0.25) is 9.59 Å². The van der Waals surface area contributed by atoms with Crippen LogP contribution < -0.4 is 5.32 Å². The van der Waals surface area contributed by atoms with Crippen LogP contribution in [0.3, 0.4) is 0 Å². The smallest absolute Gasteiger partial charge is 0.256 e. The minimum atomic E-state index is -0.867. The van der Waals surface area contributed by atoms with E-state index in [0.717, 1.165) is 17.8 Å². The quantitative estimate of drug-likeness (QED) is 0.927. The Balaban J connectivity index is 1.58. The van der Waals surface area contributed by atoms with Crippen LogP contribution in [0.15, 0.2) is 48.5 Å². The number of nitrogens with zero attached hydrogens (tertiary/aromatic N) is 1. The summed E-state index contributed by atoms with van der Waals surface area (Å²) in [7, 11) is 0. The number of amides is 2. The fraction of sp³-hybridized carbons (Fsp3) is 0.263. The summed E-state index contributed by atoms with van der Waals surface area (Å²) in [6.07, 6.45) is 1.01. The highest BCUT2D eigenvalue weighted by Gasteiger charge is 2.28. The third-order valence-electron chi connectivity index (χ3n) is 4.36. The predicted molar refractivity (Wildman–Crippen MR) is 90.1 cm³/mol. The molecule has 1 aliphatic heterocycles. The number of piperidine rings is 1. The second-order valence-electron chi connectivity index (χ2n) is 6.05. The fourth-order valence-electron chi connectivity index (χ4n) is 2.94. The molecule has 2 aromatic carbocycles. The van der Waals surface area contributed by atoms with Crippen molar-refractivity contribution in [2.45, 2.75) is 12.8 Å². The number of halogens is 2. The first-order chi connectivity index (χ1) is 12.0. The van der Waals surface area contributed by atoms with Crippen LogP contribution in [-0.2, 0) is 4.79 Å². The second kappa shape index (κ2) is 7.42. The summed E-state index contributed by atoms with van der Waals surface area (Å²) in [5.41, 5.74) is 0.591. The van der Waals surface area contributed by atoms with Crippen LogP contribution in [0.2, 0.25) is 0 Å². The minimum absolute atomic E-state index is 0.0775. The summed E-state index contributed by atoms with van der Waals surface area (Å²) in [5, 5.41) is 2.86. The Kier molecular flexibility index (Phi) is 5.07. The Morgan fingerprint density at radius 3 is 2.32 bits per heavy atom. The normalized spacial score (nSPS) is 15.0. The molecule has 0 unspecified atom stereocenters. The van der Waals surface area contributed by atoms with Crippen molar-refractivity contribution < 1.29 is 18.4 Å². The number of likely N-dealkylation sites (tertiary alicyclic amines) is 1. The van der Waals surface area contributed by atoms with Crippen LogP contribution in [0, 0.1) is 17.6 Å². The number of carbonyl (C=O) groups excluding carboxylic acids is 2. The molecule has 1 saturated heterocycles. The monoisotopic (exact) mass is 344 g/mol. The van der Waals surface area contributed by atoms with Gasteiger partial charge < -0.3 is 10.2 Å². The lowest BCUT2D eigenvalue weighted by molar-refractivity contribution is -0.121. The zero-order valence-electron chi connectivity index (χ0n) is 13.5. The maximum Gasteiger partial charge on any atom is 0.256 e. The molecule has 4 nitrogen and oxygen atoms in total. The van der Waals surface area contributed by atoms with E-state index >= 15 is 0 Å². The maximum absolute atomic E-state index is 13.8. The van der Waals surface area contributed by atoms with Crippen molar-refractivity contribution >= 4 is 17.5 Å². The third kappa shape index (κ3) is 4.02. The van der Waals surface area contributed by atoms with Gasteiger partial charge in [0, 0.05) is 30.8 Å². The molecule has 130 valence electrons. The molecule has 0 bridgehead atoms. The van der Waals surface area contributed by atoms with Crippen LogP contribution >= 0.6 is 0 Å². The molecule has 1 heterocycles. The molecule has 25 heavy (non-hydrogen) atoms. The molecule has 0 aromatic heterocycles. The molecule has 2 amide bonds. The average molecular weight is 344 g/mol. The highest BCUT2D eigenvalue weighted by Crippen LogP contribution is 2.22. The van der Waals surface area contributed by atoms with E-state index in [4.69, 9.17) is 0 Å². The maximum atomic E-state index is 13.8. The molecule has 0 radical (unpaired) electrons. The number of carbonyl (C=O) groups is 2. The molecule has 2 aromatic rings. The van der Waals surface area contributed by atoms with E-state index in [1.165, 1.54) is 4.90 Å². The summed E-state index contributed by atoms with van der Waals surface area (Å²) in [4.78, 5) is 26.2. The lowest BCUT2D eigenvalue weighted by Crippen LogP contribution is -2.41. The molecule has 3 rings (SSSR count). The van der Waals surface area contributed by atoms with E-state index < -0.39 is 17.5 Å². The first-order valence-corrected chi connectivity index (χ1v) is 8.15. The van der Waals surface area contributed by atoms with Gasteiger partial charge in [0.15, 0.2) is 0 Å². The van der Waals surface area contributed by atoms with Crippen molar-refractivity contribution in [3.05, 3.63) is 65.7 Å². The standard InChI is InChI=1S/C19H18F2N2O2/c20-14-6-7-16(17(21)12-14)19(25)23-10-8-13(9-11-23)18(24)22-15-4-2-1-3-5-15/h1-7,12-13H,8-11H2,(H,22,24). The topological polar surface area (TPSA) is 49.4 Å². The number of rotatable bonds is 3. The number of hydrogen-bond donors (Lipinski definition) is 1. The van der Waals surface area contributed by atoms with E-state index in [-0.39, 0.29) is 17.4 Å². The van der Waals surface area contributed by atoms with Crippen molar-refractivity contribution in [2.24, 2.45) is 5.92 Å². The fourth-order valence-corrected chi connectivity index (χ4v) is 2.94. The summed E-state index contributed by atoms with van der Waals surface area (Å²) in [6, 6.07) is 12.1. The summed E-state index contributed by atoms with van der Waals surface area (Å²) < 4.78 is 26.7. The number of benzene rings is 2. The van der Waals surface area contributed by atoms with Gasteiger partial charge >= 0.3 is 0 Å². The van der Waals surface area contributed by atoms with E-state index in [0.29, 0.717) is 32.0 Å². The van der Waals surface area contributed by atoms with E-state index in [9.17, 15) is 18.4 Å². The van der Waals surface area contributed by atoms with Crippen molar-refractivity contribution in [2.75, 3.05) is 18.4 Å². The molecule has 1 fully saturated rings. The van der Waals surface area contributed by atoms with E-state index in [2.05, 4.69) is 5.32 Å². The van der Waals surface area contributed by atoms with Gasteiger partial charge in [0.1, 0.15) is 11.6 Å². The molecule has 0 atom stereocenters.